The Morgan fingerprint density at radius 3 is 2.69 bits per heavy atom. The maximum Gasteiger partial charge on any atom is 0.238 e. The molecule has 2 aromatic rings. The van der Waals surface area contributed by atoms with Crippen LogP contribution in [0, 0.1) is 18.6 Å². The third kappa shape index (κ3) is 1.95. The average molecular weight is 225 g/mol. The van der Waals surface area contributed by atoms with Gasteiger partial charge in [-0.1, -0.05) is 0 Å². The Kier molecular flexibility index (Phi) is 2.47. The lowest BCUT2D eigenvalue weighted by atomic mass is 10.3. The van der Waals surface area contributed by atoms with E-state index in [0.29, 0.717) is 6.07 Å². The number of rotatable bonds is 2. The molecular weight excluding hydrogens is 216 g/mol. The number of ether oxygens (including phenoxy) is 1. The summed E-state index contributed by atoms with van der Waals surface area (Å²) >= 11 is 0. The lowest BCUT2D eigenvalue weighted by molar-refractivity contribution is 0.453. The molecule has 0 atom stereocenters. The van der Waals surface area contributed by atoms with E-state index < -0.39 is 11.6 Å². The minimum absolute atomic E-state index is 0.0935. The Morgan fingerprint density at radius 1 is 1.31 bits per heavy atom. The molecule has 1 aromatic heterocycles. The highest BCUT2D eigenvalue weighted by atomic mass is 19.1. The highest BCUT2D eigenvalue weighted by molar-refractivity contribution is 5.54. The summed E-state index contributed by atoms with van der Waals surface area (Å²) < 4.78 is 31.1. The van der Waals surface area contributed by atoms with Crippen molar-refractivity contribution >= 4 is 5.69 Å². The van der Waals surface area contributed by atoms with Crippen molar-refractivity contribution in [3.63, 3.8) is 0 Å². The molecule has 1 heterocycles. The van der Waals surface area contributed by atoms with Crippen LogP contribution in [0.3, 0.4) is 0 Å². The number of nitrogens with one attached hydrogen (secondary N) is 1. The van der Waals surface area contributed by atoms with Crippen molar-refractivity contribution in [2.75, 3.05) is 5.73 Å². The van der Waals surface area contributed by atoms with Gasteiger partial charge in [0.15, 0.2) is 11.6 Å². The van der Waals surface area contributed by atoms with Crippen molar-refractivity contribution < 1.29 is 13.5 Å². The number of aryl methyl sites for hydroxylation is 1. The molecule has 0 fully saturated rings. The Bertz CT molecular complexity index is 525. The molecule has 6 heteroatoms. The van der Waals surface area contributed by atoms with Crippen LogP contribution in [0.2, 0.25) is 0 Å². The second kappa shape index (κ2) is 3.80. The van der Waals surface area contributed by atoms with E-state index in [-0.39, 0.29) is 17.3 Å². The van der Waals surface area contributed by atoms with E-state index in [1.807, 2.05) is 0 Å². The van der Waals surface area contributed by atoms with Gasteiger partial charge in [0, 0.05) is 23.9 Å². The summed E-state index contributed by atoms with van der Waals surface area (Å²) in [7, 11) is 0. The number of benzene rings is 1. The van der Waals surface area contributed by atoms with Crippen LogP contribution in [0.4, 0.5) is 14.5 Å². The number of H-pyrrole nitrogens is 1. The first-order valence-corrected chi connectivity index (χ1v) is 4.50. The van der Waals surface area contributed by atoms with Crippen LogP contribution in [-0.2, 0) is 0 Å². The molecule has 0 unspecified atom stereocenters. The standard InChI is InChI=1S/C10H9F2N3O/c1-5-2-9(15-14-5)16-8-4-6(11)3-7(12)10(8)13/h2-4H,13H2,1H3,(H,14,15). The second-order valence-electron chi connectivity index (χ2n) is 3.29. The molecule has 0 bridgehead atoms. The normalized spacial score (nSPS) is 10.4. The van der Waals surface area contributed by atoms with E-state index >= 15 is 0 Å². The predicted molar refractivity (Wildman–Crippen MR) is 54.2 cm³/mol. The molecule has 0 spiro atoms. The van der Waals surface area contributed by atoms with Gasteiger partial charge in [0.25, 0.3) is 0 Å². The smallest absolute Gasteiger partial charge is 0.238 e. The summed E-state index contributed by atoms with van der Waals surface area (Å²) in [5.74, 6) is -1.51. The number of aromatic nitrogens is 2. The molecular formula is C10H9F2N3O. The third-order valence-electron chi connectivity index (χ3n) is 1.95. The van der Waals surface area contributed by atoms with Crippen molar-refractivity contribution in [1.82, 2.24) is 10.2 Å². The maximum absolute atomic E-state index is 13.1. The van der Waals surface area contributed by atoms with Gasteiger partial charge in [-0.15, -0.1) is 5.10 Å². The van der Waals surface area contributed by atoms with Gasteiger partial charge in [-0.05, 0) is 6.92 Å². The topological polar surface area (TPSA) is 63.9 Å². The second-order valence-corrected chi connectivity index (χ2v) is 3.29. The number of aromatic amines is 1. The fourth-order valence-electron chi connectivity index (χ4n) is 1.20. The van der Waals surface area contributed by atoms with E-state index in [0.717, 1.165) is 11.8 Å². The summed E-state index contributed by atoms with van der Waals surface area (Å²) in [6, 6.07) is 3.28. The third-order valence-corrected chi connectivity index (χ3v) is 1.95. The molecule has 0 amide bonds. The van der Waals surface area contributed by atoms with Crippen molar-refractivity contribution in [2.24, 2.45) is 0 Å². The van der Waals surface area contributed by atoms with Crippen LogP contribution in [0.15, 0.2) is 18.2 Å². The van der Waals surface area contributed by atoms with Gasteiger partial charge in [0.1, 0.15) is 11.5 Å². The molecule has 1 aromatic carbocycles. The van der Waals surface area contributed by atoms with Crippen LogP contribution < -0.4 is 10.5 Å². The summed E-state index contributed by atoms with van der Waals surface area (Å²) in [5, 5.41) is 6.40. The average Bonchev–Trinajstić information content (AvgIpc) is 2.60. The molecule has 0 aliphatic heterocycles. The largest absolute Gasteiger partial charge is 0.435 e. The van der Waals surface area contributed by atoms with Crippen molar-refractivity contribution in [3.8, 4) is 11.6 Å². The molecule has 4 nitrogen and oxygen atoms in total. The lowest BCUT2D eigenvalue weighted by Gasteiger charge is -2.06. The zero-order valence-electron chi connectivity index (χ0n) is 8.42. The van der Waals surface area contributed by atoms with Crippen LogP contribution in [0.5, 0.6) is 11.6 Å². The minimum atomic E-state index is -0.859. The monoisotopic (exact) mass is 225 g/mol. The SMILES string of the molecule is Cc1cc(Oc2cc(F)cc(F)c2N)n[nH]1. The van der Waals surface area contributed by atoms with E-state index in [2.05, 4.69) is 10.2 Å². The Morgan fingerprint density at radius 2 is 2.06 bits per heavy atom. The number of nitrogens with two attached hydrogens (primary N) is 1. The molecule has 3 N–H and O–H groups in total. The molecule has 0 aliphatic rings. The van der Waals surface area contributed by atoms with Crippen LogP contribution in [-0.4, -0.2) is 10.2 Å². The highest BCUT2D eigenvalue weighted by Crippen LogP contribution is 2.29. The van der Waals surface area contributed by atoms with Gasteiger partial charge < -0.3 is 10.5 Å². The summed E-state index contributed by atoms with van der Waals surface area (Å²) in [5.41, 5.74) is 5.92. The van der Waals surface area contributed by atoms with Crippen molar-refractivity contribution in [2.45, 2.75) is 6.92 Å². The number of hydrogen-bond acceptors (Lipinski definition) is 3. The van der Waals surface area contributed by atoms with Crippen molar-refractivity contribution in [1.29, 1.82) is 0 Å². The fraction of sp³-hybridized carbons (Fsp3) is 0.100. The van der Waals surface area contributed by atoms with Gasteiger partial charge in [0.2, 0.25) is 5.88 Å². The molecule has 16 heavy (non-hydrogen) atoms. The van der Waals surface area contributed by atoms with Gasteiger partial charge in [-0.2, -0.15) is 0 Å². The highest BCUT2D eigenvalue weighted by Gasteiger charge is 2.11. The first kappa shape index (κ1) is 10.4. The fourth-order valence-corrected chi connectivity index (χ4v) is 1.20. The van der Waals surface area contributed by atoms with Crippen LogP contribution in [0.25, 0.3) is 0 Å². The molecule has 84 valence electrons. The van der Waals surface area contributed by atoms with Crippen LogP contribution in [0.1, 0.15) is 5.69 Å². The van der Waals surface area contributed by atoms with Gasteiger partial charge in [-0.25, -0.2) is 8.78 Å². The zero-order chi connectivity index (χ0) is 11.7. The minimum Gasteiger partial charge on any atom is -0.435 e. The van der Waals surface area contributed by atoms with E-state index in [4.69, 9.17) is 10.5 Å². The van der Waals surface area contributed by atoms with Gasteiger partial charge in [-0.3, -0.25) is 5.10 Å². The zero-order valence-corrected chi connectivity index (χ0v) is 8.42. The summed E-state index contributed by atoms with van der Waals surface area (Å²) in [4.78, 5) is 0. The van der Waals surface area contributed by atoms with Gasteiger partial charge in [0.05, 0.1) is 0 Å². The first-order chi connectivity index (χ1) is 7.56. The number of anilines is 1. The molecule has 0 radical (unpaired) electrons. The lowest BCUT2D eigenvalue weighted by Crippen LogP contribution is -1.97. The molecule has 0 saturated carbocycles. The van der Waals surface area contributed by atoms with Crippen molar-refractivity contribution in [3.05, 3.63) is 35.5 Å². The number of nitrogens with zero attached hydrogens (tertiary/aromatic N) is 1. The van der Waals surface area contributed by atoms with E-state index in [1.165, 1.54) is 0 Å². The van der Waals surface area contributed by atoms with Crippen LogP contribution >= 0.6 is 0 Å². The first-order valence-electron chi connectivity index (χ1n) is 4.50. The Balaban J connectivity index is 2.34. The number of nitrogen functional groups attached to an aromatic ring is 1. The summed E-state index contributed by atoms with van der Waals surface area (Å²) in [6.45, 7) is 1.77. The molecule has 0 saturated heterocycles. The maximum atomic E-state index is 13.1. The van der Waals surface area contributed by atoms with Gasteiger partial charge >= 0.3 is 0 Å². The predicted octanol–water partition coefficient (Wildman–Crippen LogP) is 2.37. The quantitative estimate of drug-likeness (QED) is 0.771. The van der Waals surface area contributed by atoms with E-state index in [9.17, 15) is 8.78 Å². The Hall–Kier alpha value is -2.11. The Labute approximate surface area is 90.0 Å². The molecule has 2 rings (SSSR count). The van der Waals surface area contributed by atoms with E-state index in [1.54, 1.807) is 13.0 Å². The molecule has 0 aliphatic carbocycles. The number of halogens is 2. The number of hydrogen-bond donors (Lipinski definition) is 2. The summed E-state index contributed by atoms with van der Waals surface area (Å²) in [6.07, 6.45) is 0.